The Balaban J connectivity index is 2.21. The number of likely N-dealkylation sites (N-methyl/N-ethyl adjacent to an activating group) is 1. The quantitative estimate of drug-likeness (QED) is 0.483. The summed E-state index contributed by atoms with van der Waals surface area (Å²) in [7, 11) is 0. The second kappa shape index (κ2) is 12.4. The van der Waals surface area contributed by atoms with E-state index in [4.69, 9.17) is 14.2 Å². The normalized spacial score (nSPS) is 16.3. The number of likely N-dealkylation sites (tertiary alicyclic amines) is 1. The lowest BCUT2D eigenvalue weighted by Gasteiger charge is -2.30. The molecule has 1 aliphatic heterocycles. The van der Waals surface area contributed by atoms with Crippen LogP contribution in [0.5, 0.6) is 11.5 Å². The van der Waals surface area contributed by atoms with Crippen LogP contribution in [0.4, 0.5) is 0 Å². The molecule has 1 aromatic rings. The van der Waals surface area contributed by atoms with Gasteiger partial charge in [0.15, 0.2) is 11.5 Å². The third kappa shape index (κ3) is 6.62. The number of nitrogens with zero attached hydrogens (tertiary/aromatic N) is 2. The van der Waals surface area contributed by atoms with Gasteiger partial charge < -0.3 is 19.1 Å². The molecular weight excluding hydrogens is 384 g/mol. The highest BCUT2D eigenvalue weighted by Gasteiger charge is 2.28. The van der Waals surface area contributed by atoms with Crippen molar-refractivity contribution >= 4 is 11.9 Å². The third-order valence-electron chi connectivity index (χ3n) is 5.31. The predicted molar refractivity (Wildman–Crippen MR) is 116 cm³/mol. The first-order valence-corrected chi connectivity index (χ1v) is 11.1. The van der Waals surface area contributed by atoms with Gasteiger partial charge in [0.25, 0.3) is 5.91 Å². The van der Waals surface area contributed by atoms with E-state index in [1.807, 2.05) is 13.8 Å². The molecule has 1 heterocycles. The van der Waals surface area contributed by atoms with Gasteiger partial charge in [0.05, 0.1) is 26.2 Å². The predicted octanol–water partition coefficient (Wildman–Crippen LogP) is 3.36. The summed E-state index contributed by atoms with van der Waals surface area (Å²) in [6.45, 7) is 12.0. The maximum Gasteiger partial charge on any atom is 0.307 e. The van der Waals surface area contributed by atoms with Crippen molar-refractivity contribution in [3.05, 3.63) is 23.8 Å². The minimum absolute atomic E-state index is 0.105. The smallest absolute Gasteiger partial charge is 0.307 e. The Bertz CT molecular complexity index is 694. The molecule has 2 rings (SSSR count). The fourth-order valence-electron chi connectivity index (χ4n) is 3.87. The fourth-order valence-corrected chi connectivity index (χ4v) is 3.87. The Morgan fingerprint density at radius 1 is 1.07 bits per heavy atom. The Hall–Kier alpha value is -2.28. The molecule has 30 heavy (non-hydrogen) atoms. The topological polar surface area (TPSA) is 68.3 Å². The minimum atomic E-state index is -0.282. The summed E-state index contributed by atoms with van der Waals surface area (Å²) < 4.78 is 16.3. The van der Waals surface area contributed by atoms with E-state index in [0.29, 0.717) is 56.0 Å². The number of hydrogen-bond donors (Lipinski definition) is 0. The standard InChI is InChI=1S/C23H36N2O5/c1-5-24-14-9-10-19(24)17-25(15-13-22(26)30-8-4)23(27)18-11-12-20(28-6-2)21(16-18)29-7-3/h11-12,16,19H,5-10,13-15,17H2,1-4H3. The zero-order valence-corrected chi connectivity index (χ0v) is 18.8. The first kappa shape index (κ1) is 24.0. The van der Waals surface area contributed by atoms with E-state index >= 15 is 0 Å². The Labute approximate surface area is 180 Å². The highest BCUT2D eigenvalue weighted by molar-refractivity contribution is 5.95. The van der Waals surface area contributed by atoms with Gasteiger partial charge in [0.1, 0.15) is 0 Å². The lowest BCUT2D eigenvalue weighted by Crippen LogP contribution is -2.44. The molecule has 1 fully saturated rings. The van der Waals surface area contributed by atoms with Gasteiger partial charge in [-0.3, -0.25) is 14.5 Å². The molecule has 1 aliphatic rings. The first-order chi connectivity index (χ1) is 14.5. The van der Waals surface area contributed by atoms with Crippen molar-refractivity contribution in [2.75, 3.05) is 46.0 Å². The highest BCUT2D eigenvalue weighted by atomic mass is 16.5. The van der Waals surface area contributed by atoms with E-state index in [1.54, 1.807) is 30.0 Å². The van der Waals surface area contributed by atoms with Gasteiger partial charge in [-0.05, 0) is 64.9 Å². The molecule has 1 atom stereocenters. The van der Waals surface area contributed by atoms with E-state index in [1.165, 1.54) is 0 Å². The van der Waals surface area contributed by atoms with Gasteiger partial charge in [-0.25, -0.2) is 0 Å². The lowest BCUT2D eigenvalue weighted by molar-refractivity contribution is -0.143. The van der Waals surface area contributed by atoms with Gasteiger partial charge in [-0.1, -0.05) is 6.92 Å². The van der Waals surface area contributed by atoms with Crippen LogP contribution in [0.3, 0.4) is 0 Å². The second-order valence-corrected chi connectivity index (χ2v) is 7.26. The number of carbonyl (C=O) groups excluding carboxylic acids is 2. The minimum Gasteiger partial charge on any atom is -0.490 e. The number of carbonyl (C=O) groups is 2. The van der Waals surface area contributed by atoms with Crippen molar-refractivity contribution in [3.8, 4) is 11.5 Å². The molecule has 0 N–H and O–H groups in total. The molecule has 1 aromatic carbocycles. The molecule has 1 saturated heterocycles. The number of benzene rings is 1. The summed E-state index contributed by atoms with van der Waals surface area (Å²) >= 11 is 0. The van der Waals surface area contributed by atoms with Crippen LogP contribution < -0.4 is 9.47 Å². The molecule has 0 aromatic heterocycles. The van der Waals surface area contributed by atoms with Crippen LogP contribution in [-0.4, -0.2) is 73.7 Å². The molecule has 7 nitrogen and oxygen atoms in total. The molecule has 0 saturated carbocycles. The van der Waals surface area contributed by atoms with Gasteiger partial charge in [0.2, 0.25) is 0 Å². The zero-order valence-electron chi connectivity index (χ0n) is 18.8. The molecule has 0 bridgehead atoms. The van der Waals surface area contributed by atoms with Crippen molar-refractivity contribution in [1.82, 2.24) is 9.80 Å². The van der Waals surface area contributed by atoms with Crippen molar-refractivity contribution in [2.24, 2.45) is 0 Å². The van der Waals surface area contributed by atoms with Crippen LogP contribution in [-0.2, 0) is 9.53 Å². The van der Waals surface area contributed by atoms with E-state index in [0.717, 1.165) is 25.9 Å². The van der Waals surface area contributed by atoms with Crippen LogP contribution in [0, 0.1) is 0 Å². The van der Waals surface area contributed by atoms with E-state index in [2.05, 4.69) is 11.8 Å². The summed E-state index contributed by atoms with van der Waals surface area (Å²) in [6.07, 6.45) is 2.38. The molecule has 7 heteroatoms. The lowest BCUT2D eigenvalue weighted by atomic mass is 10.1. The Morgan fingerprint density at radius 3 is 2.47 bits per heavy atom. The Morgan fingerprint density at radius 2 is 1.80 bits per heavy atom. The average molecular weight is 421 g/mol. The number of ether oxygens (including phenoxy) is 3. The van der Waals surface area contributed by atoms with Crippen LogP contribution in [0.15, 0.2) is 18.2 Å². The van der Waals surface area contributed by atoms with Gasteiger partial charge in [-0.2, -0.15) is 0 Å². The fraction of sp³-hybridized carbons (Fsp3) is 0.652. The SMILES string of the molecule is CCOC(=O)CCN(CC1CCCN1CC)C(=O)c1ccc(OCC)c(OCC)c1. The highest BCUT2D eigenvalue weighted by Crippen LogP contribution is 2.29. The molecular formula is C23H36N2O5. The van der Waals surface area contributed by atoms with E-state index < -0.39 is 0 Å². The number of amides is 1. The summed E-state index contributed by atoms with van der Waals surface area (Å²) in [4.78, 5) is 29.5. The van der Waals surface area contributed by atoms with Crippen molar-refractivity contribution < 1.29 is 23.8 Å². The Kier molecular flexibility index (Phi) is 9.94. The molecule has 1 amide bonds. The summed E-state index contributed by atoms with van der Waals surface area (Å²) in [6, 6.07) is 5.59. The van der Waals surface area contributed by atoms with E-state index in [-0.39, 0.29) is 18.3 Å². The van der Waals surface area contributed by atoms with Crippen molar-refractivity contribution in [3.63, 3.8) is 0 Å². The summed E-state index contributed by atoms with van der Waals surface area (Å²) in [5, 5.41) is 0. The largest absolute Gasteiger partial charge is 0.490 e. The maximum absolute atomic E-state index is 13.4. The monoisotopic (exact) mass is 420 g/mol. The second-order valence-electron chi connectivity index (χ2n) is 7.26. The molecule has 1 unspecified atom stereocenters. The van der Waals surface area contributed by atoms with Crippen molar-refractivity contribution in [1.29, 1.82) is 0 Å². The molecule has 168 valence electrons. The summed E-state index contributed by atoms with van der Waals surface area (Å²) in [5.41, 5.74) is 0.534. The zero-order chi connectivity index (χ0) is 21.9. The van der Waals surface area contributed by atoms with Gasteiger partial charge in [-0.15, -0.1) is 0 Å². The molecule has 0 radical (unpaired) electrons. The van der Waals surface area contributed by atoms with Crippen LogP contribution in [0.2, 0.25) is 0 Å². The van der Waals surface area contributed by atoms with Gasteiger partial charge >= 0.3 is 5.97 Å². The number of hydrogen-bond acceptors (Lipinski definition) is 6. The van der Waals surface area contributed by atoms with Crippen LogP contribution in [0.25, 0.3) is 0 Å². The third-order valence-corrected chi connectivity index (χ3v) is 5.31. The van der Waals surface area contributed by atoms with Crippen molar-refractivity contribution in [2.45, 2.75) is 53.0 Å². The van der Waals surface area contributed by atoms with Crippen LogP contribution in [0.1, 0.15) is 57.3 Å². The average Bonchev–Trinajstić information content (AvgIpc) is 3.19. The molecule has 0 spiro atoms. The van der Waals surface area contributed by atoms with Gasteiger partial charge in [0, 0.05) is 24.7 Å². The summed E-state index contributed by atoms with van der Waals surface area (Å²) in [5.74, 6) is 0.801. The van der Waals surface area contributed by atoms with E-state index in [9.17, 15) is 9.59 Å². The number of rotatable bonds is 12. The molecule has 0 aliphatic carbocycles. The first-order valence-electron chi connectivity index (χ1n) is 11.1. The number of esters is 1. The maximum atomic E-state index is 13.4. The van der Waals surface area contributed by atoms with Crippen LogP contribution >= 0.6 is 0 Å².